The number of aromatic amines is 1. The zero-order chi connectivity index (χ0) is 18.2. The summed E-state index contributed by atoms with van der Waals surface area (Å²) in [6, 6.07) is 12.8. The van der Waals surface area contributed by atoms with E-state index in [9.17, 15) is 4.39 Å². The lowest BCUT2D eigenvalue weighted by molar-refractivity contribution is 0.401. The fourth-order valence-corrected chi connectivity index (χ4v) is 2.17. The van der Waals surface area contributed by atoms with Gasteiger partial charge in [-0.2, -0.15) is 4.39 Å². The van der Waals surface area contributed by atoms with Crippen molar-refractivity contribution < 1.29 is 4.39 Å². The smallest absolute Gasteiger partial charge is 0.192 e. The Morgan fingerprint density at radius 3 is 2.36 bits per heavy atom. The average molecular weight is 338 g/mol. The number of hydrogen-bond acceptors (Lipinski definition) is 3. The second-order valence-corrected chi connectivity index (χ2v) is 6.08. The summed E-state index contributed by atoms with van der Waals surface area (Å²) in [5, 5.41) is 0. The Morgan fingerprint density at radius 2 is 1.72 bits per heavy atom. The highest BCUT2D eigenvalue weighted by molar-refractivity contribution is 5.50. The van der Waals surface area contributed by atoms with E-state index in [-0.39, 0.29) is 0 Å². The van der Waals surface area contributed by atoms with Gasteiger partial charge in [0.15, 0.2) is 5.95 Å². The molecule has 5 heteroatoms. The molecule has 0 unspecified atom stereocenters. The first-order valence-corrected chi connectivity index (χ1v) is 7.96. The molecule has 1 heterocycles. The van der Waals surface area contributed by atoms with Gasteiger partial charge in [-0.05, 0) is 50.3 Å². The number of nitrogens with one attached hydrogen (secondary N) is 1. The molecule has 1 aromatic heterocycles. The monoisotopic (exact) mass is 338 g/mol. The molecule has 0 aliphatic rings. The minimum absolute atomic E-state index is 0.460. The Kier molecular flexibility index (Phi) is 6.55. The van der Waals surface area contributed by atoms with Crippen LogP contribution in [0.25, 0.3) is 0 Å². The van der Waals surface area contributed by atoms with Crippen LogP contribution in [0.1, 0.15) is 16.8 Å². The first-order chi connectivity index (χ1) is 12.0. The Labute approximate surface area is 148 Å². The third-order valence-electron chi connectivity index (χ3n) is 3.44. The highest BCUT2D eigenvalue weighted by Gasteiger charge is 2.01. The molecule has 25 heavy (non-hydrogen) atoms. The fourth-order valence-electron chi connectivity index (χ4n) is 2.17. The van der Waals surface area contributed by atoms with Crippen LogP contribution < -0.4 is 4.90 Å². The minimum Gasteiger partial charge on any atom is -0.378 e. The highest BCUT2D eigenvalue weighted by atomic mass is 19.1. The van der Waals surface area contributed by atoms with Gasteiger partial charge in [0.1, 0.15) is 5.69 Å². The van der Waals surface area contributed by atoms with Crippen LogP contribution in [0.3, 0.4) is 0 Å². The number of benzene rings is 1. The first kappa shape index (κ1) is 18.5. The Hall–Kier alpha value is -2.84. The molecule has 2 rings (SSSR count). The summed E-state index contributed by atoms with van der Waals surface area (Å²) in [6.45, 7) is 0.660. The zero-order valence-electron chi connectivity index (χ0n) is 15.0. The molecule has 1 N–H and O–H groups in total. The van der Waals surface area contributed by atoms with Gasteiger partial charge in [0, 0.05) is 37.5 Å². The SMILES string of the molecule is CN(C)Cc1cccc(F)[nH]cnc1C#Cc1ccc(N(C)C)cc1. The number of anilines is 1. The van der Waals surface area contributed by atoms with Gasteiger partial charge in [0.25, 0.3) is 0 Å². The van der Waals surface area contributed by atoms with Crippen LogP contribution >= 0.6 is 0 Å². The molecule has 0 amide bonds. The second-order valence-electron chi connectivity index (χ2n) is 6.08. The van der Waals surface area contributed by atoms with E-state index in [1.54, 1.807) is 6.07 Å². The van der Waals surface area contributed by atoms with Crippen molar-refractivity contribution in [2.45, 2.75) is 6.54 Å². The van der Waals surface area contributed by atoms with Crippen molar-refractivity contribution in [1.29, 1.82) is 0 Å². The summed E-state index contributed by atoms with van der Waals surface area (Å²) < 4.78 is 13.4. The zero-order valence-corrected chi connectivity index (χ0v) is 15.0. The maximum absolute atomic E-state index is 13.4. The second kappa shape index (κ2) is 8.86. The Balaban J connectivity index is 2.44. The maximum atomic E-state index is 13.4. The number of halogens is 1. The van der Waals surface area contributed by atoms with Crippen molar-refractivity contribution in [3.63, 3.8) is 0 Å². The van der Waals surface area contributed by atoms with E-state index in [0.717, 1.165) is 16.8 Å². The number of nitrogens with zero attached hydrogens (tertiary/aromatic N) is 3. The van der Waals surface area contributed by atoms with Gasteiger partial charge >= 0.3 is 0 Å². The minimum atomic E-state index is -0.460. The lowest BCUT2D eigenvalue weighted by atomic mass is 10.1. The normalized spacial score (nSPS) is 10.0. The third-order valence-corrected chi connectivity index (χ3v) is 3.44. The molecule has 4 nitrogen and oxygen atoms in total. The molecular weight excluding hydrogens is 315 g/mol. The van der Waals surface area contributed by atoms with Crippen LogP contribution in [0.2, 0.25) is 0 Å². The predicted molar refractivity (Wildman–Crippen MR) is 100 cm³/mol. The van der Waals surface area contributed by atoms with Gasteiger partial charge in [-0.3, -0.25) is 0 Å². The molecule has 0 atom stereocenters. The quantitative estimate of drug-likeness (QED) is 0.873. The summed E-state index contributed by atoms with van der Waals surface area (Å²) >= 11 is 0. The van der Waals surface area contributed by atoms with E-state index < -0.39 is 5.95 Å². The van der Waals surface area contributed by atoms with E-state index in [0.29, 0.717) is 12.2 Å². The standard InChI is InChI=1S/C20H23FN4/c1-24(2)14-17-6-5-7-20(21)23-15-22-19(17)13-10-16-8-11-18(12-9-16)25(3)4/h5-9,11-12,15H,14H2,1-4H3,(H,22,23). The van der Waals surface area contributed by atoms with Gasteiger partial charge in [0.2, 0.25) is 0 Å². The van der Waals surface area contributed by atoms with Crippen LogP contribution in [0, 0.1) is 17.8 Å². The summed E-state index contributed by atoms with van der Waals surface area (Å²) in [6.07, 6.45) is 1.33. The first-order valence-electron chi connectivity index (χ1n) is 7.96. The van der Waals surface area contributed by atoms with Crippen LogP contribution in [-0.4, -0.2) is 43.1 Å². The summed E-state index contributed by atoms with van der Waals surface area (Å²) in [7, 11) is 7.93. The largest absolute Gasteiger partial charge is 0.378 e. The Bertz CT molecular complexity index is 810. The van der Waals surface area contributed by atoms with Crippen molar-refractivity contribution in [2.24, 2.45) is 0 Å². The van der Waals surface area contributed by atoms with Crippen LogP contribution in [0.5, 0.6) is 0 Å². The average Bonchev–Trinajstić information content (AvgIpc) is 2.64. The lowest BCUT2D eigenvalue weighted by Crippen LogP contribution is -2.11. The summed E-state index contributed by atoms with van der Waals surface area (Å²) in [5.74, 6) is 5.78. The van der Waals surface area contributed by atoms with Gasteiger partial charge in [-0.25, -0.2) is 4.98 Å². The molecule has 2 aromatic rings. The molecule has 0 bridgehead atoms. The van der Waals surface area contributed by atoms with Crippen LogP contribution in [-0.2, 0) is 6.54 Å². The van der Waals surface area contributed by atoms with Crippen LogP contribution in [0.4, 0.5) is 10.1 Å². The van der Waals surface area contributed by atoms with E-state index in [1.807, 2.05) is 68.3 Å². The van der Waals surface area contributed by atoms with Gasteiger partial charge in [0.05, 0.1) is 6.33 Å². The molecule has 0 aliphatic carbocycles. The van der Waals surface area contributed by atoms with Gasteiger partial charge in [-0.1, -0.05) is 18.1 Å². The van der Waals surface area contributed by atoms with Crippen molar-refractivity contribution >= 4 is 5.69 Å². The molecule has 0 radical (unpaired) electrons. The van der Waals surface area contributed by atoms with E-state index in [2.05, 4.69) is 21.8 Å². The topological polar surface area (TPSA) is 35.2 Å². The van der Waals surface area contributed by atoms with Crippen molar-refractivity contribution in [3.05, 3.63) is 71.6 Å². The number of H-pyrrole nitrogens is 1. The van der Waals surface area contributed by atoms with Crippen molar-refractivity contribution in [1.82, 2.24) is 14.9 Å². The fraction of sp³-hybridized carbons (Fsp3) is 0.250. The van der Waals surface area contributed by atoms with E-state index in [4.69, 9.17) is 0 Å². The highest BCUT2D eigenvalue weighted by Crippen LogP contribution is 2.12. The molecule has 130 valence electrons. The number of rotatable bonds is 3. The molecule has 0 aliphatic heterocycles. The molecular formula is C20H23FN4. The van der Waals surface area contributed by atoms with Crippen molar-refractivity contribution in [3.8, 4) is 11.8 Å². The lowest BCUT2D eigenvalue weighted by Gasteiger charge is -2.11. The summed E-state index contributed by atoms with van der Waals surface area (Å²) in [4.78, 5) is 10.8. The number of aromatic nitrogens is 2. The molecule has 1 aromatic carbocycles. The van der Waals surface area contributed by atoms with E-state index >= 15 is 0 Å². The maximum Gasteiger partial charge on any atom is 0.192 e. The van der Waals surface area contributed by atoms with E-state index in [1.165, 1.54) is 12.4 Å². The molecule has 0 saturated heterocycles. The predicted octanol–water partition coefficient (Wildman–Crippen LogP) is 3.20. The molecule has 0 saturated carbocycles. The van der Waals surface area contributed by atoms with Gasteiger partial charge in [-0.15, -0.1) is 0 Å². The number of hydrogen-bond donors (Lipinski definition) is 1. The molecule has 0 spiro atoms. The molecule has 0 fully saturated rings. The Morgan fingerprint density at radius 1 is 1.00 bits per heavy atom. The summed E-state index contributed by atoms with van der Waals surface area (Å²) in [5.41, 5.74) is 3.55. The van der Waals surface area contributed by atoms with Crippen LogP contribution in [0.15, 0.2) is 48.8 Å². The van der Waals surface area contributed by atoms with Gasteiger partial charge < -0.3 is 14.8 Å². The van der Waals surface area contributed by atoms with Crippen molar-refractivity contribution in [2.75, 3.05) is 33.1 Å². The third kappa shape index (κ3) is 5.94.